The first-order chi connectivity index (χ1) is 13.4. The number of carbonyl (C=O) groups excluding carboxylic acids is 2. The highest BCUT2D eigenvalue weighted by molar-refractivity contribution is 6.08. The quantitative estimate of drug-likeness (QED) is 0.777. The number of allylic oxidation sites excluding steroid dienone is 2. The number of esters is 1. The maximum Gasteiger partial charge on any atom is 0.315 e. The first-order valence-electron chi connectivity index (χ1n) is 9.76. The predicted octanol–water partition coefficient (Wildman–Crippen LogP) is 3.92. The lowest BCUT2D eigenvalue weighted by atomic mass is 9.71. The smallest absolute Gasteiger partial charge is 0.315 e. The number of phenolic OH excluding ortho intramolecular Hbond substituents is 1. The number of benzene rings is 1. The topological polar surface area (TPSA) is 85.2 Å². The van der Waals surface area contributed by atoms with Crippen LogP contribution in [0.5, 0.6) is 11.5 Å². The summed E-state index contributed by atoms with van der Waals surface area (Å²) in [6.45, 7) is 5.60. The molecule has 6 nitrogen and oxygen atoms in total. The van der Waals surface area contributed by atoms with Crippen molar-refractivity contribution in [2.24, 2.45) is 10.9 Å². The highest BCUT2D eigenvalue weighted by Crippen LogP contribution is 2.45. The summed E-state index contributed by atoms with van der Waals surface area (Å²) in [6, 6.07) is 5.01. The minimum absolute atomic E-state index is 0.0131. The first kappa shape index (κ1) is 20.1. The van der Waals surface area contributed by atoms with Gasteiger partial charge in [-0.3, -0.25) is 14.6 Å². The maximum atomic E-state index is 13.0. The minimum atomic E-state index is -0.692. The van der Waals surface area contributed by atoms with Gasteiger partial charge < -0.3 is 14.6 Å². The molecule has 0 aromatic heterocycles. The van der Waals surface area contributed by atoms with Gasteiger partial charge in [0, 0.05) is 29.3 Å². The summed E-state index contributed by atoms with van der Waals surface area (Å²) in [6.07, 6.45) is 2.40. The molecule has 1 aromatic rings. The lowest BCUT2D eigenvalue weighted by Crippen LogP contribution is -2.38. The number of methoxy groups -OCH3 is 1. The van der Waals surface area contributed by atoms with E-state index in [0.29, 0.717) is 41.9 Å². The van der Waals surface area contributed by atoms with Gasteiger partial charge in [-0.15, -0.1) is 0 Å². The van der Waals surface area contributed by atoms with E-state index in [1.165, 1.54) is 7.11 Å². The maximum absolute atomic E-state index is 13.0. The number of ketones is 1. The zero-order valence-electron chi connectivity index (χ0n) is 16.8. The van der Waals surface area contributed by atoms with Gasteiger partial charge in [0.2, 0.25) is 0 Å². The van der Waals surface area contributed by atoms with Crippen molar-refractivity contribution in [1.82, 2.24) is 0 Å². The number of nitrogens with zero attached hydrogens (tertiary/aromatic N) is 1. The van der Waals surface area contributed by atoms with Crippen molar-refractivity contribution in [3.8, 4) is 11.5 Å². The van der Waals surface area contributed by atoms with Crippen LogP contribution in [0.1, 0.15) is 57.9 Å². The summed E-state index contributed by atoms with van der Waals surface area (Å²) in [5.41, 5.74) is 2.65. The molecule has 150 valence electrons. The Bertz CT molecular complexity index is 854. The molecular weight excluding hydrogens is 358 g/mol. The molecule has 1 aliphatic heterocycles. The fourth-order valence-electron chi connectivity index (χ4n) is 3.93. The van der Waals surface area contributed by atoms with Crippen molar-refractivity contribution < 1.29 is 24.2 Å². The van der Waals surface area contributed by atoms with Crippen molar-refractivity contribution in [3.63, 3.8) is 0 Å². The first-order valence-corrected chi connectivity index (χ1v) is 9.76. The van der Waals surface area contributed by atoms with Crippen molar-refractivity contribution in [1.29, 1.82) is 0 Å². The highest BCUT2D eigenvalue weighted by atomic mass is 16.5. The van der Waals surface area contributed by atoms with Crippen LogP contribution in [0, 0.1) is 5.92 Å². The van der Waals surface area contributed by atoms with Crippen molar-refractivity contribution in [2.45, 2.75) is 58.5 Å². The van der Waals surface area contributed by atoms with Crippen LogP contribution < -0.4 is 4.74 Å². The third-order valence-electron chi connectivity index (χ3n) is 5.54. The molecule has 0 saturated heterocycles. The van der Waals surface area contributed by atoms with Crippen LogP contribution in [0.3, 0.4) is 0 Å². The van der Waals surface area contributed by atoms with Crippen molar-refractivity contribution in [3.05, 3.63) is 35.0 Å². The Balaban J connectivity index is 2.11. The third kappa shape index (κ3) is 3.68. The Kier molecular flexibility index (Phi) is 5.87. The molecular formula is C22H27NO5. The molecule has 0 spiro atoms. The summed E-state index contributed by atoms with van der Waals surface area (Å²) in [4.78, 5) is 30.4. The van der Waals surface area contributed by atoms with Gasteiger partial charge in [-0.25, -0.2) is 0 Å². The second-order valence-corrected chi connectivity index (χ2v) is 7.43. The third-order valence-corrected chi connectivity index (χ3v) is 5.54. The van der Waals surface area contributed by atoms with Crippen LogP contribution in [0.25, 0.3) is 0 Å². The number of ether oxygens (including phenoxy) is 2. The number of aromatic hydroxyl groups is 1. The highest BCUT2D eigenvalue weighted by Gasteiger charge is 2.43. The number of Topliss-reactive ketones (excluding diaryl/α,β-unsaturated/α-hetero) is 1. The SMILES string of the molecule is CC[C@@H](C)OC(=O)C1C(C)=NC2=C(C(=O)CCC2)[C@@H]1c1ccc(OC)c(O)c1. The Morgan fingerprint density at radius 3 is 2.75 bits per heavy atom. The number of aliphatic imine (C=N–C) groups is 1. The van der Waals surface area contributed by atoms with E-state index in [9.17, 15) is 14.7 Å². The summed E-state index contributed by atoms with van der Waals surface area (Å²) in [5.74, 6) is -1.27. The molecule has 6 heteroatoms. The number of carbonyl (C=O) groups is 2. The zero-order valence-corrected chi connectivity index (χ0v) is 16.8. The molecule has 28 heavy (non-hydrogen) atoms. The van der Waals surface area contributed by atoms with E-state index in [1.807, 2.05) is 20.8 Å². The molecule has 1 N–H and O–H groups in total. The molecule has 2 aliphatic rings. The van der Waals surface area contributed by atoms with Gasteiger partial charge in [-0.1, -0.05) is 13.0 Å². The van der Waals surface area contributed by atoms with Gasteiger partial charge in [0.15, 0.2) is 17.3 Å². The molecule has 0 amide bonds. The molecule has 3 rings (SSSR count). The molecule has 1 unspecified atom stereocenters. The van der Waals surface area contributed by atoms with Crippen molar-refractivity contribution in [2.75, 3.05) is 7.11 Å². The molecule has 0 radical (unpaired) electrons. The van der Waals surface area contributed by atoms with Gasteiger partial charge in [-0.05, 0) is 50.8 Å². The fourth-order valence-corrected chi connectivity index (χ4v) is 3.93. The van der Waals surface area contributed by atoms with Gasteiger partial charge in [0.25, 0.3) is 0 Å². The molecule has 0 fully saturated rings. The molecule has 0 bridgehead atoms. The summed E-state index contributed by atoms with van der Waals surface area (Å²) >= 11 is 0. The van der Waals surface area contributed by atoms with E-state index in [1.54, 1.807) is 18.2 Å². The van der Waals surface area contributed by atoms with E-state index >= 15 is 0 Å². The van der Waals surface area contributed by atoms with Crippen molar-refractivity contribution >= 4 is 17.5 Å². The average Bonchev–Trinajstić information content (AvgIpc) is 2.66. The summed E-state index contributed by atoms with van der Waals surface area (Å²) in [5, 5.41) is 10.3. The van der Waals surface area contributed by atoms with Crippen LogP contribution >= 0.6 is 0 Å². The molecule has 3 atom stereocenters. The second-order valence-electron chi connectivity index (χ2n) is 7.43. The van der Waals surface area contributed by atoms with E-state index in [0.717, 1.165) is 12.1 Å². The Morgan fingerprint density at radius 2 is 2.11 bits per heavy atom. The molecule has 0 saturated carbocycles. The fraction of sp³-hybridized carbons (Fsp3) is 0.500. The predicted molar refractivity (Wildman–Crippen MR) is 106 cm³/mol. The van der Waals surface area contributed by atoms with Crippen LogP contribution in [-0.2, 0) is 14.3 Å². The normalized spacial score (nSPS) is 23.0. The molecule has 1 aliphatic carbocycles. The van der Waals surface area contributed by atoms with Crippen LogP contribution in [0.2, 0.25) is 0 Å². The van der Waals surface area contributed by atoms with Gasteiger partial charge in [-0.2, -0.15) is 0 Å². The average molecular weight is 385 g/mol. The lowest BCUT2D eigenvalue weighted by Gasteiger charge is -2.35. The second kappa shape index (κ2) is 8.17. The monoisotopic (exact) mass is 385 g/mol. The van der Waals surface area contributed by atoms with Gasteiger partial charge in [0.05, 0.1) is 13.2 Å². The number of hydrogen-bond donors (Lipinski definition) is 1. The zero-order chi connectivity index (χ0) is 20.4. The van der Waals surface area contributed by atoms with E-state index in [-0.39, 0.29) is 23.6 Å². The Labute approximate surface area is 165 Å². The largest absolute Gasteiger partial charge is 0.504 e. The molecule has 1 aromatic carbocycles. The van der Waals surface area contributed by atoms with Crippen LogP contribution in [-0.4, -0.2) is 35.8 Å². The summed E-state index contributed by atoms with van der Waals surface area (Å²) in [7, 11) is 1.48. The minimum Gasteiger partial charge on any atom is -0.504 e. The Morgan fingerprint density at radius 1 is 1.36 bits per heavy atom. The lowest BCUT2D eigenvalue weighted by molar-refractivity contribution is -0.151. The van der Waals surface area contributed by atoms with Crippen LogP contribution in [0.4, 0.5) is 0 Å². The number of hydrogen-bond acceptors (Lipinski definition) is 6. The van der Waals surface area contributed by atoms with E-state index in [2.05, 4.69) is 4.99 Å². The number of rotatable bonds is 5. The standard InChI is InChI=1S/C22H27NO5/c1-5-12(2)28-22(26)19-13(3)23-15-7-6-8-16(24)21(15)20(19)14-9-10-18(27-4)17(25)11-14/h9-12,19-20,25H,5-8H2,1-4H3/t12-,19?,20-/m1/s1. The van der Waals surface area contributed by atoms with Crippen LogP contribution in [0.15, 0.2) is 34.5 Å². The summed E-state index contributed by atoms with van der Waals surface area (Å²) < 4.78 is 10.7. The molecule has 1 heterocycles. The van der Waals surface area contributed by atoms with E-state index < -0.39 is 11.8 Å². The van der Waals surface area contributed by atoms with E-state index in [4.69, 9.17) is 9.47 Å². The van der Waals surface area contributed by atoms with Gasteiger partial charge >= 0.3 is 5.97 Å². The van der Waals surface area contributed by atoms with Gasteiger partial charge in [0.1, 0.15) is 5.92 Å². The Hall–Kier alpha value is -2.63. The number of phenols is 1.